The molecule has 0 aliphatic heterocycles. The lowest BCUT2D eigenvalue weighted by Gasteiger charge is -2.08. The van der Waals surface area contributed by atoms with E-state index in [9.17, 15) is 28.8 Å². The number of carbonyl (C=O) groups excluding carboxylic acids is 5. The molecule has 2 aromatic rings. The molecule has 10 N–H and O–H groups in total. The van der Waals surface area contributed by atoms with Crippen LogP contribution in [0.4, 0.5) is 10.5 Å². The van der Waals surface area contributed by atoms with Crippen LogP contribution in [0, 0.1) is 23.7 Å². The van der Waals surface area contributed by atoms with Gasteiger partial charge in [-0.25, -0.2) is 9.59 Å². The molecule has 2 rings (SSSR count). The summed E-state index contributed by atoms with van der Waals surface area (Å²) in [7, 11) is 3.40. The minimum atomic E-state index is -1.30. The van der Waals surface area contributed by atoms with Gasteiger partial charge in [-0.05, 0) is 49.9 Å². The van der Waals surface area contributed by atoms with E-state index in [1.165, 1.54) is 44.0 Å². The number of amides is 4. The van der Waals surface area contributed by atoms with E-state index >= 15 is 0 Å². The quantitative estimate of drug-likeness (QED) is 0.0220. The first kappa shape index (κ1) is 79.6. The Labute approximate surface area is 449 Å². The minimum absolute atomic E-state index is 0.00961. The highest BCUT2D eigenvalue weighted by Gasteiger charge is 2.10. The van der Waals surface area contributed by atoms with E-state index in [1.807, 2.05) is 52.4 Å². The fraction of sp³-hybridized carbons (Fsp3) is 0.611. The molecule has 0 atom stereocenters. The number of primary amides is 1. The number of ether oxygens (including phenoxy) is 4. The van der Waals surface area contributed by atoms with Crippen LogP contribution in [0.25, 0.3) is 0 Å². The number of allylic oxidation sites excluding steroid dienone is 1. The van der Waals surface area contributed by atoms with Crippen LogP contribution in [0.2, 0.25) is 0 Å². The Morgan fingerprint density at radius 2 is 1.40 bits per heavy atom. The number of aryl methyl sites for hydroxylation is 1. The average Bonchev–Trinajstić information content (AvgIpc) is 3.89. The number of anilines is 1. The molecule has 1 aromatic carbocycles. The van der Waals surface area contributed by atoms with Crippen LogP contribution >= 0.6 is 0 Å². The molecule has 0 radical (unpaired) electrons. The summed E-state index contributed by atoms with van der Waals surface area (Å²) in [6.07, 6.45) is 14.5. The third kappa shape index (κ3) is 63.2. The summed E-state index contributed by atoms with van der Waals surface area (Å²) in [6.45, 7) is 23.5. The van der Waals surface area contributed by atoms with Gasteiger partial charge in [0.25, 0.3) is 0 Å². The van der Waals surface area contributed by atoms with Crippen molar-refractivity contribution in [3.8, 4) is 23.7 Å². The van der Waals surface area contributed by atoms with Crippen molar-refractivity contribution in [2.75, 3.05) is 59.0 Å². The van der Waals surface area contributed by atoms with E-state index in [0.29, 0.717) is 42.6 Å². The number of nitrogens with zero attached hydrogens (tertiary/aromatic N) is 4. The molecule has 0 saturated carbocycles. The molecule has 0 aliphatic carbocycles. The third-order valence-corrected chi connectivity index (χ3v) is 7.75. The predicted molar refractivity (Wildman–Crippen MR) is 300 cm³/mol. The second-order valence-corrected chi connectivity index (χ2v) is 14.0. The van der Waals surface area contributed by atoms with E-state index in [0.717, 1.165) is 51.1 Å². The van der Waals surface area contributed by atoms with Gasteiger partial charge in [-0.2, -0.15) is 0 Å². The van der Waals surface area contributed by atoms with Crippen molar-refractivity contribution in [3.63, 3.8) is 0 Å². The second-order valence-electron chi connectivity index (χ2n) is 14.0. The van der Waals surface area contributed by atoms with Crippen LogP contribution in [0.5, 0.6) is 0 Å². The Kier molecular flexibility index (Phi) is 69.2. The number of carboxylic acid groups (broad SMARTS) is 1. The summed E-state index contributed by atoms with van der Waals surface area (Å²) in [5.41, 5.74) is 17.8. The zero-order chi connectivity index (χ0) is 58.3. The van der Waals surface area contributed by atoms with Crippen LogP contribution in [0.1, 0.15) is 158 Å². The Bertz CT molecular complexity index is 1870. The number of nitrogens with one attached hydrogen (secondary N) is 3. The molecule has 1 heterocycles. The van der Waals surface area contributed by atoms with Gasteiger partial charge in [-0.1, -0.05) is 125 Å². The lowest BCUT2D eigenvalue weighted by molar-refractivity contribution is -0.141. The van der Waals surface area contributed by atoms with Crippen molar-refractivity contribution >= 4 is 47.7 Å². The van der Waals surface area contributed by atoms with Crippen LogP contribution in [-0.2, 0) is 62.6 Å². The maximum Gasteiger partial charge on any atom is 0.509 e. The summed E-state index contributed by atoms with van der Waals surface area (Å²) in [6, 6.07) is 6.21. The predicted octanol–water partition coefficient (Wildman–Crippen LogP) is 7.46. The summed E-state index contributed by atoms with van der Waals surface area (Å²) in [5, 5.41) is 24.1. The van der Waals surface area contributed by atoms with Gasteiger partial charge in [0.05, 0.1) is 24.9 Å². The number of nitrogens with two attached hydrogens (primary N) is 3. The van der Waals surface area contributed by atoms with Gasteiger partial charge in [0.1, 0.15) is 25.5 Å². The molecule has 21 heteroatoms. The van der Waals surface area contributed by atoms with Gasteiger partial charge < -0.3 is 57.2 Å². The molecular weight excluding hydrogens is 965 g/mol. The normalized spacial score (nSPS) is 9.33. The van der Waals surface area contributed by atoms with Gasteiger partial charge in [-0.3, -0.25) is 28.9 Å². The van der Waals surface area contributed by atoms with Gasteiger partial charge in [0.2, 0.25) is 23.6 Å². The Morgan fingerprint density at radius 3 is 1.88 bits per heavy atom. The molecule has 0 bridgehead atoms. The first-order valence-corrected chi connectivity index (χ1v) is 25.9. The second kappa shape index (κ2) is 65.2. The van der Waals surface area contributed by atoms with Gasteiger partial charge in [0.15, 0.2) is 6.61 Å². The highest BCUT2D eigenvalue weighted by molar-refractivity contribution is 5.94. The van der Waals surface area contributed by atoms with Gasteiger partial charge >= 0.3 is 12.1 Å². The molecule has 0 saturated heterocycles. The van der Waals surface area contributed by atoms with Crippen molar-refractivity contribution in [3.05, 3.63) is 53.5 Å². The maximum atomic E-state index is 11.8. The van der Waals surface area contributed by atoms with Crippen molar-refractivity contribution in [2.45, 2.75) is 166 Å². The number of benzene rings is 1. The molecule has 75 heavy (non-hydrogen) atoms. The summed E-state index contributed by atoms with van der Waals surface area (Å²) in [5.74, 6) is 8.68. The molecule has 0 unspecified atom stereocenters. The smallest absolute Gasteiger partial charge is 0.479 e. The van der Waals surface area contributed by atoms with Crippen molar-refractivity contribution in [1.82, 2.24) is 25.6 Å². The van der Waals surface area contributed by atoms with Crippen LogP contribution in [0.3, 0.4) is 0 Å². The molecule has 0 fully saturated rings. The first-order chi connectivity index (χ1) is 36.2. The molecule has 21 nitrogen and oxygen atoms in total. The average molecular weight is 1060 g/mol. The summed E-state index contributed by atoms with van der Waals surface area (Å²) < 4.78 is 20.3. The van der Waals surface area contributed by atoms with E-state index in [4.69, 9.17) is 36.5 Å². The highest BCUT2D eigenvalue weighted by atomic mass is 16.7. The van der Waals surface area contributed by atoms with Crippen molar-refractivity contribution in [2.24, 2.45) is 22.2 Å². The summed E-state index contributed by atoms with van der Waals surface area (Å²) >= 11 is 0. The minimum Gasteiger partial charge on any atom is -0.479 e. The molecular formula is C54H96N10O11. The Hall–Kier alpha value is -6.81. The molecule has 0 aliphatic rings. The fourth-order valence-corrected chi connectivity index (χ4v) is 4.30. The number of rotatable bonds is 25. The highest BCUT2D eigenvalue weighted by Crippen LogP contribution is 2.11. The van der Waals surface area contributed by atoms with Crippen LogP contribution < -0.4 is 33.2 Å². The number of aliphatic carboxylic acids is 1. The number of hydrogen-bond acceptors (Lipinski definition) is 15. The number of carboxylic acids is 1. The van der Waals surface area contributed by atoms with E-state index in [2.05, 4.69) is 94.3 Å². The summed E-state index contributed by atoms with van der Waals surface area (Å²) in [4.78, 5) is 70.6. The first-order valence-electron chi connectivity index (χ1n) is 25.9. The van der Waals surface area contributed by atoms with Gasteiger partial charge in [-0.15, -0.1) is 16.9 Å². The molecule has 0 spiro atoms. The zero-order valence-electron chi connectivity index (χ0n) is 47.7. The SMILES string of the molecule is CC.CC.CC.CCC#CCC.CCCCN.CCCCOC.CCCCn1cc(CNC(=O)CCCC#C/C(C=NC)=C/N)nn1.NC(=O)COCC(=O)NCC(=O)Nc1ccc(COC(=O)OCC(=O)O)cc1. The van der Waals surface area contributed by atoms with E-state index in [1.54, 1.807) is 32.5 Å². The van der Waals surface area contributed by atoms with E-state index in [-0.39, 0.29) is 19.1 Å². The number of unbranched alkanes of at least 4 members (excludes halogenated alkanes) is 4. The lowest BCUT2D eigenvalue weighted by Crippen LogP contribution is -2.35. The van der Waals surface area contributed by atoms with Crippen molar-refractivity contribution in [1.29, 1.82) is 0 Å². The fourth-order valence-electron chi connectivity index (χ4n) is 4.30. The topological polar surface area (TPSA) is 317 Å². The Morgan fingerprint density at radius 1 is 0.787 bits per heavy atom. The number of hydrogen-bond donors (Lipinski definition) is 7. The molecule has 1 aromatic heterocycles. The number of aliphatic imine (C=N–C) groups is 1. The van der Waals surface area contributed by atoms with Crippen molar-refractivity contribution < 1.29 is 52.8 Å². The largest absolute Gasteiger partial charge is 0.509 e. The van der Waals surface area contributed by atoms with Gasteiger partial charge in [0, 0.05) is 71.1 Å². The van der Waals surface area contributed by atoms with Crippen LogP contribution in [-0.4, -0.2) is 116 Å². The maximum absolute atomic E-state index is 11.8. The van der Waals surface area contributed by atoms with E-state index < -0.39 is 49.7 Å². The number of carbonyl (C=O) groups is 6. The third-order valence-electron chi connectivity index (χ3n) is 7.75. The molecule has 4 amide bonds. The Balaban J connectivity index is -0.000000226. The number of methoxy groups -OCH3 is 1. The van der Waals surface area contributed by atoms with Crippen LogP contribution in [0.15, 0.2) is 47.2 Å². The monoisotopic (exact) mass is 1060 g/mol. The number of aromatic nitrogens is 3. The zero-order valence-corrected chi connectivity index (χ0v) is 47.7. The molecule has 428 valence electrons. The standard InChI is InChI=1S/C17H26N6O.C16H19N3O9.C6H10.C5H12O.C4H11N.3C2H6/c1-3-4-10-23-14-16(21-22-23)13-20-17(24)9-7-5-6-8-15(11-18)12-19-2;17-12(20)7-26-8-14(22)18-5-13(21)19-11-3-1-10(2-4-11)6-27-16(25)28-9-15(23)24;1-3-5-6-4-2;1-3-4-5-6-2;1-2-3-4-5;3*1-2/h11-12,14H,3-5,7,9-10,13,18H2,1-2H3,(H,20,24);1-4H,5-9H2,(H2,17,20)(H,18,22)(H,19,21)(H,23,24);3-4H2,1-2H3;3-5H2,1-2H3;2-5H2,1H3;3*1-2H3/b15-11-,19-12?;;;;;;;. The lowest BCUT2D eigenvalue weighted by atomic mass is 10.2.